The molecule has 0 bridgehead atoms. The summed E-state index contributed by atoms with van der Waals surface area (Å²) in [4.78, 5) is 23.0. The van der Waals surface area contributed by atoms with E-state index in [0.717, 1.165) is 0 Å². The Morgan fingerprint density at radius 3 is 2.75 bits per heavy atom. The van der Waals surface area contributed by atoms with Crippen molar-refractivity contribution in [1.29, 1.82) is 0 Å². The summed E-state index contributed by atoms with van der Waals surface area (Å²) in [5.41, 5.74) is -0.0429. The molecular formula is C11H14O4S. The van der Waals surface area contributed by atoms with Crippen molar-refractivity contribution in [2.24, 2.45) is 0 Å². The average Bonchev–Trinajstić information content (AvgIpc) is 2.19. The Labute approximate surface area is 99.0 Å². The highest BCUT2D eigenvalue weighted by Crippen LogP contribution is 2.20. The van der Waals surface area contributed by atoms with Gasteiger partial charge in [-0.05, 0) is 6.92 Å². The summed E-state index contributed by atoms with van der Waals surface area (Å²) in [6, 6.07) is 1.22. The number of thiol groups is 1. The molecule has 0 N–H and O–H groups in total. The Hall–Kier alpha value is -1.23. The quantitative estimate of drug-likeness (QED) is 0.646. The lowest BCUT2D eigenvalue weighted by Crippen LogP contribution is -2.12. The zero-order valence-corrected chi connectivity index (χ0v) is 10.3. The van der Waals surface area contributed by atoms with Crippen LogP contribution < -0.4 is 10.4 Å². The lowest BCUT2D eigenvalue weighted by molar-refractivity contribution is 0.0950. The predicted molar refractivity (Wildman–Crippen MR) is 63.7 cm³/mol. The largest absolute Gasteiger partial charge is 0.496 e. The number of Topliss-reactive ketones (excluding diaryl/α,β-unsaturated/α-hetero) is 1. The van der Waals surface area contributed by atoms with Crippen molar-refractivity contribution in [2.75, 3.05) is 7.11 Å². The number of hydrogen-bond donors (Lipinski definition) is 1. The average molecular weight is 242 g/mol. The molecule has 0 aliphatic heterocycles. The van der Waals surface area contributed by atoms with Gasteiger partial charge in [0.2, 0.25) is 0 Å². The molecule has 0 unspecified atom stereocenters. The van der Waals surface area contributed by atoms with Crippen LogP contribution in [-0.4, -0.2) is 18.1 Å². The second-order valence-corrected chi connectivity index (χ2v) is 4.45. The first-order valence-corrected chi connectivity index (χ1v) is 5.37. The van der Waals surface area contributed by atoms with E-state index in [2.05, 4.69) is 12.6 Å². The number of ketones is 1. The standard InChI is InChI=1S/C11H14O4S/c1-6(16)4-8(12)11-7(2)9(14-3)5-10(13)15-11/h5-6,16H,4H2,1-3H3/t6-/m0/s1. The van der Waals surface area contributed by atoms with Crippen LogP contribution in [0.1, 0.15) is 29.5 Å². The fraction of sp³-hybridized carbons (Fsp3) is 0.455. The van der Waals surface area contributed by atoms with Gasteiger partial charge in [-0.2, -0.15) is 12.6 Å². The highest BCUT2D eigenvalue weighted by atomic mass is 32.1. The van der Waals surface area contributed by atoms with Crippen LogP contribution >= 0.6 is 12.6 Å². The smallest absolute Gasteiger partial charge is 0.340 e. The van der Waals surface area contributed by atoms with Crippen LogP contribution in [0, 0.1) is 6.92 Å². The van der Waals surface area contributed by atoms with E-state index in [9.17, 15) is 9.59 Å². The number of carbonyl (C=O) groups is 1. The minimum absolute atomic E-state index is 0.0604. The first kappa shape index (κ1) is 12.8. The number of hydrogen-bond acceptors (Lipinski definition) is 5. The minimum Gasteiger partial charge on any atom is -0.496 e. The molecule has 0 spiro atoms. The molecule has 1 rings (SSSR count). The van der Waals surface area contributed by atoms with E-state index in [0.29, 0.717) is 11.3 Å². The summed E-state index contributed by atoms with van der Waals surface area (Å²) in [6.45, 7) is 3.48. The third kappa shape index (κ3) is 2.88. The van der Waals surface area contributed by atoms with Crippen LogP contribution in [0.25, 0.3) is 0 Å². The van der Waals surface area contributed by atoms with Gasteiger partial charge >= 0.3 is 5.63 Å². The van der Waals surface area contributed by atoms with Crippen LogP contribution in [0.4, 0.5) is 0 Å². The Morgan fingerprint density at radius 2 is 2.25 bits per heavy atom. The molecule has 1 atom stereocenters. The zero-order valence-electron chi connectivity index (χ0n) is 9.44. The van der Waals surface area contributed by atoms with E-state index in [1.54, 1.807) is 13.8 Å². The molecule has 16 heavy (non-hydrogen) atoms. The number of methoxy groups -OCH3 is 1. The third-order valence-electron chi connectivity index (χ3n) is 2.12. The Balaban J connectivity index is 3.18. The molecule has 0 aliphatic carbocycles. The maximum atomic E-state index is 11.8. The lowest BCUT2D eigenvalue weighted by atomic mass is 10.1. The molecule has 1 aromatic rings. The third-order valence-corrected chi connectivity index (χ3v) is 2.30. The van der Waals surface area contributed by atoms with Gasteiger partial charge in [-0.25, -0.2) is 4.79 Å². The molecule has 5 heteroatoms. The number of ether oxygens (including phenoxy) is 1. The SMILES string of the molecule is COc1cc(=O)oc(C(=O)C[C@H](C)S)c1C. The van der Waals surface area contributed by atoms with Crippen molar-refractivity contribution >= 4 is 18.4 Å². The molecular weight excluding hydrogens is 228 g/mol. The van der Waals surface area contributed by atoms with Crippen LogP contribution in [0.3, 0.4) is 0 Å². The molecule has 0 amide bonds. The van der Waals surface area contributed by atoms with E-state index < -0.39 is 5.63 Å². The Kier molecular flexibility index (Phi) is 4.18. The molecule has 88 valence electrons. The van der Waals surface area contributed by atoms with Crippen molar-refractivity contribution in [3.05, 3.63) is 27.8 Å². The monoisotopic (exact) mass is 242 g/mol. The summed E-state index contributed by atoms with van der Waals surface area (Å²) in [5, 5.41) is -0.0802. The van der Waals surface area contributed by atoms with Crippen molar-refractivity contribution < 1.29 is 13.9 Å². The van der Waals surface area contributed by atoms with E-state index in [1.165, 1.54) is 13.2 Å². The van der Waals surface area contributed by atoms with Gasteiger partial charge in [0.25, 0.3) is 0 Å². The predicted octanol–water partition coefficient (Wildman–Crippen LogP) is 1.85. The summed E-state index contributed by atoms with van der Waals surface area (Å²) >= 11 is 4.12. The molecule has 1 heterocycles. The molecule has 0 aliphatic rings. The van der Waals surface area contributed by atoms with E-state index in [4.69, 9.17) is 9.15 Å². The molecule has 0 aromatic carbocycles. The highest BCUT2D eigenvalue weighted by molar-refractivity contribution is 7.80. The van der Waals surface area contributed by atoms with Gasteiger partial charge in [0.05, 0.1) is 13.2 Å². The molecule has 0 saturated carbocycles. The van der Waals surface area contributed by atoms with E-state index in [1.807, 2.05) is 0 Å². The first-order chi connectivity index (χ1) is 7.45. The van der Waals surface area contributed by atoms with Gasteiger partial charge in [-0.3, -0.25) is 4.79 Å². The van der Waals surface area contributed by atoms with E-state index >= 15 is 0 Å². The Morgan fingerprint density at radius 1 is 1.62 bits per heavy atom. The van der Waals surface area contributed by atoms with Gasteiger partial charge in [0, 0.05) is 17.2 Å². The number of carbonyl (C=O) groups excluding carboxylic acids is 1. The summed E-state index contributed by atoms with van der Waals surface area (Å²) in [7, 11) is 1.44. The van der Waals surface area contributed by atoms with Gasteiger partial charge in [-0.15, -0.1) is 0 Å². The first-order valence-electron chi connectivity index (χ1n) is 4.85. The summed E-state index contributed by atoms with van der Waals surface area (Å²) in [6.07, 6.45) is 0.222. The zero-order chi connectivity index (χ0) is 12.3. The molecule has 0 saturated heterocycles. The van der Waals surface area contributed by atoms with Crippen molar-refractivity contribution in [1.82, 2.24) is 0 Å². The topological polar surface area (TPSA) is 56.5 Å². The van der Waals surface area contributed by atoms with Crippen LogP contribution in [0.2, 0.25) is 0 Å². The minimum atomic E-state index is -0.586. The van der Waals surface area contributed by atoms with E-state index in [-0.39, 0.29) is 23.2 Å². The van der Waals surface area contributed by atoms with Crippen molar-refractivity contribution in [3.63, 3.8) is 0 Å². The molecule has 4 nitrogen and oxygen atoms in total. The van der Waals surface area contributed by atoms with Crippen molar-refractivity contribution in [3.8, 4) is 5.75 Å². The van der Waals surface area contributed by atoms with Gasteiger partial charge in [0.1, 0.15) is 5.75 Å². The summed E-state index contributed by atoms with van der Waals surface area (Å²) in [5.74, 6) is 0.188. The van der Waals surface area contributed by atoms with Crippen LogP contribution in [0.15, 0.2) is 15.3 Å². The maximum absolute atomic E-state index is 11.8. The van der Waals surface area contributed by atoms with Crippen LogP contribution in [0.5, 0.6) is 5.75 Å². The normalized spacial score (nSPS) is 12.2. The second-order valence-electron chi connectivity index (χ2n) is 3.56. The highest BCUT2D eigenvalue weighted by Gasteiger charge is 2.18. The second kappa shape index (κ2) is 5.21. The van der Waals surface area contributed by atoms with Gasteiger partial charge < -0.3 is 9.15 Å². The lowest BCUT2D eigenvalue weighted by Gasteiger charge is -2.08. The fourth-order valence-corrected chi connectivity index (χ4v) is 1.54. The fourth-order valence-electron chi connectivity index (χ4n) is 1.37. The molecule has 0 radical (unpaired) electrons. The van der Waals surface area contributed by atoms with Crippen molar-refractivity contribution in [2.45, 2.75) is 25.5 Å². The Bertz CT molecular complexity index is 448. The summed E-state index contributed by atoms with van der Waals surface area (Å²) < 4.78 is 9.88. The molecule has 1 aromatic heterocycles. The molecule has 0 fully saturated rings. The van der Waals surface area contributed by atoms with Gasteiger partial charge in [0.15, 0.2) is 11.5 Å². The maximum Gasteiger partial charge on any atom is 0.340 e. The van der Waals surface area contributed by atoms with Crippen LogP contribution in [-0.2, 0) is 0 Å². The number of rotatable bonds is 4. The van der Waals surface area contributed by atoms with Gasteiger partial charge in [-0.1, -0.05) is 6.92 Å².